The van der Waals surface area contributed by atoms with Gasteiger partial charge in [-0.2, -0.15) is 0 Å². The molecule has 0 aliphatic heterocycles. The number of nitrogens with zero attached hydrogens (tertiary/aromatic N) is 3. The molecule has 0 bridgehead atoms. The van der Waals surface area contributed by atoms with Gasteiger partial charge in [0.05, 0.1) is 16.0 Å². The summed E-state index contributed by atoms with van der Waals surface area (Å²) in [7, 11) is -3.91. The Morgan fingerprint density at radius 3 is 2.16 bits per heavy atom. The number of anilines is 2. The van der Waals surface area contributed by atoms with Crippen LogP contribution in [0.4, 0.5) is 11.5 Å². The van der Waals surface area contributed by atoms with Crippen LogP contribution in [0.2, 0.25) is 0 Å². The lowest BCUT2D eigenvalue weighted by Crippen LogP contribution is -2.15. The normalized spacial score (nSPS) is 11.5. The quantitative estimate of drug-likeness (QED) is 0.397. The zero-order valence-electron chi connectivity index (χ0n) is 17.3. The van der Waals surface area contributed by atoms with Gasteiger partial charge in [-0.15, -0.1) is 0 Å². The third kappa shape index (κ3) is 3.52. The van der Waals surface area contributed by atoms with Gasteiger partial charge >= 0.3 is 0 Å². The van der Waals surface area contributed by atoms with E-state index in [2.05, 4.69) is 15.3 Å². The Kier molecular flexibility index (Phi) is 4.95. The largest absolute Gasteiger partial charge is 0.340 e. The van der Waals surface area contributed by atoms with E-state index >= 15 is 0 Å². The molecule has 0 aliphatic rings. The molecule has 5 rings (SSSR count). The van der Waals surface area contributed by atoms with Crippen molar-refractivity contribution in [2.45, 2.75) is 11.8 Å². The molecule has 0 saturated carbocycles. The van der Waals surface area contributed by atoms with E-state index in [1.165, 1.54) is 10.3 Å². The Labute approximate surface area is 186 Å². The molecule has 158 valence electrons. The topological polar surface area (TPSA) is 76.9 Å². The number of para-hydroxylation sites is 1. The van der Waals surface area contributed by atoms with Crippen LogP contribution >= 0.6 is 0 Å². The van der Waals surface area contributed by atoms with Gasteiger partial charge < -0.3 is 5.32 Å². The average Bonchev–Trinajstić information content (AvgIpc) is 3.22. The Morgan fingerprint density at radius 2 is 1.47 bits per heavy atom. The molecule has 2 aromatic heterocycles. The number of benzene rings is 3. The first-order valence-corrected chi connectivity index (χ1v) is 11.5. The first-order chi connectivity index (χ1) is 15.5. The van der Waals surface area contributed by atoms with Crippen LogP contribution in [-0.2, 0) is 10.0 Å². The van der Waals surface area contributed by atoms with Gasteiger partial charge in [-0.3, -0.25) is 0 Å². The van der Waals surface area contributed by atoms with Gasteiger partial charge in [-0.05, 0) is 42.8 Å². The van der Waals surface area contributed by atoms with Gasteiger partial charge in [0.2, 0.25) is 0 Å². The van der Waals surface area contributed by atoms with Gasteiger partial charge in [0, 0.05) is 5.69 Å². The zero-order chi connectivity index (χ0) is 22.1. The molecule has 5 aromatic rings. The smallest absolute Gasteiger partial charge is 0.269 e. The molecular formula is C25H20N4O2S. The van der Waals surface area contributed by atoms with Crippen LogP contribution in [0, 0.1) is 6.92 Å². The minimum absolute atomic E-state index is 0.203. The van der Waals surface area contributed by atoms with Gasteiger partial charge in [0.15, 0.2) is 5.65 Å². The highest BCUT2D eigenvalue weighted by molar-refractivity contribution is 7.90. The fraction of sp³-hybridized carbons (Fsp3) is 0.0400. The van der Waals surface area contributed by atoms with Crippen LogP contribution in [0.3, 0.4) is 0 Å². The highest BCUT2D eigenvalue weighted by atomic mass is 32.2. The molecule has 3 aromatic carbocycles. The third-order valence-electron chi connectivity index (χ3n) is 5.22. The van der Waals surface area contributed by atoms with Crippen LogP contribution in [0.5, 0.6) is 0 Å². The summed E-state index contributed by atoms with van der Waals surface area (Å²) in [6.07, 6.45) is 1.38. The first-order valence-electron chi connectivity index (χ1n) is 10.1. The van der Waals surface area contributed by atoms with Gasteiger partial charge in [-0.1, -0.05) is 66.2 Å². The molecule has 0 radical (unpaired) electrons. The van der Waals surface area contributed by atoms with E-state index in [-0.39, 0.29) is 4.90 Å². The molecule has 0 aliphatic carbocycles. The summed E-state index contributed by atoms with van der Waals surface area (Å²) < 4.78 is 28.8. The molecule has 0 fully saturated rings. The Morgan fingerprint density at radius 1 is 0.812 bits per heavy atom. The van der Waals surface area contributed by atoms with E-state index < -0.39 is 10.0 Å². The standard InChI is InChI=1S/C25H20N4O2S/c1-18-12-14-21(15-13-18)32(30,31)29-23(19-8-4-2-5-9-19)16-22-24(26-17-27-25(22)29)28-20-10-6-3-7-11-20/h2-17H,1H3,(H,26,27,28). The number of aromatic nitrogens is 3. The molecule has 1 N–H and O–H groups in total. The lowest BCUT2D eigenvalue weighted by atomic mass is 10.1. The van der Waals surface area contributed by atoms with Gasteiger partial charge in [0.1, 0.15) is 12.1 Å². The van der Waals surface area contributed by atoms with Crippen molar-refractivity contribution in [3.05, 3.63) is 103 Å². The minimum atomic E-state index is -3.91. The average molecular weight is 441 g/mol. The second-order valence-corrected chi connectivity index (χ2v) is 9.22. The minimum Gasteiger partial charge on any atom is -0.340 e. The van der Waals surface area contributed by atoms with Gasteiger partial charge in [0.25, 0.3) is 10.0 Å². The number of fused-ring (bicyclic) bond motifs is 1. The van der Waals surface area contributed by atoms with E-state index in [4.69, 9.17) is 0 Å². The number of hydrogen-bond donors (Lipinski definition) is 1. The van der Waals surface area contributed by atoms with E-state index in [9.17, 15) is 8.42 Å². The highest BCUT2D eigenvalue weighted by Crippen LogP contribution is 2.34. The predicted octanol–water partition coefficient (Wildman–Crippen LogP) is 5.39. The van der Waals surface area contributed by atoms with Crippen molar-refractivity contribution < 1.29 is 8.42 Å². The van der Waals surface area contributed by atoms with Crippen LogP contribution < -0.4 is 5.32 Å². The second-order valence-electron chi connectivity index (χ2n) is 7.43. The molecule has 0 saturated heterocycles. The fourth-order valence-electron chi connectivity index (χ4n) is 3.62. The summed E-state index contributed by atoms with van der Waals surface area (Å²) >= 11 is 0. The van der Waals surface area contributed by atoms with Gasteiger partial charge in [-0.25, -0.2) is 22.4 Å². The van der Waals surface area contributed by atoms with Crippen LogP contribution in [0.1, 0.15) is 5.56 Å². The van der Waals surface area contributed by atoms with Crippen LogP contribution in [0.15, 0.2) is 102 Å². The third-order valence-corrected chi connectivity index (χ3v) is 6.94. The summed E-state index contributed by atoms with van der Waals surface area (Å²) in [6.45, 7) is 1.92. The Bertz CT molecular complexity index is 1490. The van der Waals surface area contributed by atoms with Crippen molar-refractivity contribution in [1.82, 2.24) is 13.9 Å². The van der Waals surface area contributed by atoms with Crippen molar-refractivity contribution in [3.63, 3.8) is 0 Å². The predicted molar refractivity (Wildman–Crippen MR) is 126 cm³/mol. The second kappa shape index (κ2) is 7.94. The maximum absolute atomic E-state index is 13.8. The summed E-state index contributed by atoms with van der Waals surface area (Å²) in [6, 6.07) is 27.7. The van der Waals surface area contributed by atoms with Crippen LogP contribution in [0.25, 0.3) is 22.3 Å². The SMILES string of the molecule is Cc1ccc(S(=O)(=O)n2c(-c3ccccc3)cc3c(Nc4ccccc4)ncnc32)cc1. The maximum Gasteiger partial charge on any atom is 0.269 e. The van der Waals surface area contributed by atoms with Crippen molar-refractivity contribution in [3.8, 4) is 11.3 Å². The number of nitrogens with one attached hydrogen (secondary N) is 1. The van der Waals surface area contributed by atoms with Crippen molar-refractivity contribution in [1.29, 1.82) is 0 Å². The van der Waals surface area contributed by atoms with Crippen molar-refractivity contribution in [2.75, 3.05) is 5.32 Å². The summed E-state index contributed by atoms with van der Waals surface area (Å²) in [5, 5.41) is 3.89. The van der Waals surface area contributed by atoms with E-state index in [0.29, 0.717) is 22.5 Å². The lowest BCUT2D eigenvalue weighted by Gasteiger charge is -2.12. The fourth-order valence-corrected chi connectivity index (χ4v) is 5.10. The van der Waals surface area contributed by atoms with E-state index in [1.54, 1.807) is 24.3 Å². The molecule has 6 nitrogen and oxygen atoms in total. The van der Waals surface area contributed by atoms with E-state index in [1.807, 2.05) is 73.7 Å². The molecular weight excluding hydrogens is 420 g/mol. The zero-order valence-corrected chi connectivity index (χ0v) is 18.1. The highest BCUT2D eigenvalue weighted by Gasteiger charge is 2.26. The first kappa shape index (κ1) is 20.0. The molecule has 7 heteroatoms. The molecule has 0 unspecified atom stereocenters. The van der Waals surface area contributed by atoms with Crippen molar-refractivity contribution >= 4 is 32.6 Å². The van der Waals surface area contributed by atoms with Crippen LogP contribution in [-0.4, -0.2) is 22.4 Å². The summed E-state index contributed by atoms with van der Waals surface area (Å²) in [5.41, 5.74) is 3.45. The maximum atomic E-state index is 13.8. The molecule has 0 spiro atoms. The number of hydrogen-bond acceptors (Lipinski definition) is 5. The lowest BCUT2D eigenvalue weighted by molar-refractivity contribution is 0.589. The monoisotopic (exact) mass is 440 g/mol. The number of aryl methyl sites for hydroxylation is 1. The molecule has 0 amide bonds. The molecule has 0 atom stereocenters. The summed E-state index contributed by atoms with van der Waals surface area (Å²) in [4.78, 5) is 8.96. The Balaban J connectivity index is 1.77. The summed E-state index contributed by atoms with van der Waals surface area (Å²) in [5.74, 6) is 0.538. The molecule has 32 heavy (non-hydrogen) atoms. The van der Waals surface area contributed by atoms with Crippen molar-refractivity contribution in [2.24, 2.45) is 0 Å². The Hall–Kier alpha value is -3.97. The molecule has 2 heterocycles. The van der Waals surface area contributed by atoms with E-state index in [0.717, 1.165) is 16.8 Å². The number of rotatable bonds is 5.